The van der Waals surface area contributed by atoms with Crippen molar-refractivity contribution in [1.29, 1.82) is 0 Å². The van der Waals surface area contributed by atoms with Crippen molar-refractivity contribution in [2.45, 2.75) is 38.2 Å². The second-order valence-electron chi connectivity index (χ2n) is 8.96. The highest BCUT2D eigenvalue weighted by molar-refractivity contribution is 7.45. The minimum atomic E-state index is -4.89. The Hall–Kier alpha value is -2.46. The number of H-pyrrole nitrogens is 1. The zero-order valence-electron chi connectivity index (χ0n) is 21.9. The summed E-state index contributed by atoms with van der Waals surface area (Å²) in [6.07, 6.45) is -0.609. The van der Waals surface area contributed by atoms with Gasteiger partial charge in [-0.1, -0.05) is 28.4 Å². The van der Waals surface area contributed by atoms with Crippen LogP contribution in [0.5, 0.6) is 11.5 Å². The van der Waals surface area contributed by atoms with Crippen LogP contribution in [0.4, 0.5) is 0 Å². The molecule has 1 aliphatic heterocycles. The molecule has 1 aromatic heterocycles. The van der Waals surface area contributed by atoms with Crippen LogP contribution in [-0.2, 0) is 23.2 Å². The third-order valence-electron chi connectivity index (χ3n) is 6.09. The first-order valence-corrected chi connectivity index (χ1v) is 14.4. The molecule has 1 saturated heterocycles. The Morgan fingerprint density at radius 3 is 2.73 bits per heavy atom. The minimum absolute atomic E-state index is 0.0286. The number of aromatic hydroxyl groups is 1. The summed E-state index contributed by atoms with van der Waals surface area (Å²) in [5.41, 5.74) is -1.02. The van der Waals surface area contributed by atoms with E-state index in [0.29, 0.717) is 0 Å². The van der Waals surface area contributed by atoms with Gasteiger partial charge in [0.2, 0.25) is 0 Å². The molecule has 15 nitrogen and oxygen atoms in total. The van der Waals surface area contributed by atoms with Gasteiger partial charge in [-0.25, -0.2) is 4.79 Å². The molecule has 1 aliphatic rings. The average molecular weight is 641 g/mol. The van der Waals surface area contributed by atoms with Gasteiger partial charge in [0.1, 0.15) is 12.3 Å². The van der Waals surface area contributed by atoms with Gasteiger partial charge in [-0.3, -0.25) is 18.9 Å². The second-order valence-corrected chi connectivity index (χ2v) is 11.2. The van der Waals surface area contributed by atoms with Gasteiger partial charge >= 0.3 is 5.69 Å². The van der Waals surface area contributed by atoms with E-state index in [1.54, 1.807) is 0 Å². The molecule has 5 atom stereocenters. The first kappa shape index (κ1) is 33.0. The second kappa shape index (κ2) is 14.6. The van der Waals surface area contributed by atoms with E-state index in [9.17, 15) is 29.3 Å². The topological polar surface area (TPSA) is 214 Å². The standard InChI is InChI=1S/C23H30Cl2N3O12P/c1-12-8-28(23(33)27-22(12)32)19-6-16(40-26-7-14-15(24)5-17(36-2)21(31)20(14)25)18(39-19)11-38-41(34,35)37-10-13(9-30)3-4-29/h5,7-8,13,16,18-19,29-31H,3-4,6,9-11H2,1-2H3,(H,34,35)(H,27,32,33)/p-1/b26-7+/t13?,16-,18-,19-/m1/s1. The van der Waals surface area contributed by atoms with Crippen LogP contribution in [0.15, 0.2) is 27.0 Å². The highest BCUT2D eigenvalue weighted by Crippen LogP contribution is 2.42. The van der Waals surface area contributed by atoms with Gasteiger partial charge in [-0.05, 0) is 13.3 Å². The van der Waals surface area contributed by atoms with Crippen molar-refractivity contribution in [3.63, 3.8) is 0 Å². The Morgan fingerprint density at radius 2 is 2.07 bits per heavy atom. The molecule has 4 N–H and O–H groups in total. The molecule has 2 unspecified atom stereocenters. The van der Waals surface area contributed by atoms with Gasteiger partial charge in [0.15, 0.2) is 17.6 Å². The van der Waals surface area contributed by atoms with Crippen LogP contribution in [0.1, 0.15) is 30.2 Å². The summed E-state index contributed by atoms with van der Waals surface area (Å²) in [7, 11) is -3.57. The zero-order valence-corrected chi connectivity index (χ0v) is 24.3. The lowest BCUT2D eigenvalue weighted by molar-refractivity contribution is -0.230. The molecule has 0 bridgehead atoms. The fraction of sp³-hybridized carbons (Fsp3) is 0.522. The average Bonchev–Trinajstić information content (AvgIpc) is 3.34. The zero-order chi connectivity index (χ0) is 30.3. The quantitative estimate of drug-likeness (QED) is 0.130. The number of nitrogens with one attached hydrogen (secondary N) is 1. The van der Waals surface area contributed by atoms with Gasteiger partial charge in [-0.15, -0.1) is 0 Å². The van der Waals surface area contributed by atoms with Crippen molar-refractivity contribution >= 4 is 37.2 Å². The lowest BCUT2D eigenvalue weighted by Crippen LogP contribution is -2.33. The Kier molecular flexibility index (Phi) is 11.8. The molecule has 3 rings (SSSR count). The van der Waals surface area contributed by atoms with Gasteiger partial charge in [0.25, 0.3) is 13.4 Å². The van der Waals surface area contributed by atoms with Gasteiger partial charge < -0.3 is 43.6 Å². The van der Waals surface area contributed by atoms with E-state index in [0.717, 1.165) is 10.8 Å². The summed E-state index contributed by atoms with van der Waals surface area (Å²) in [5, 5.41) is 32.2. The molecule has 0 saturated carbocycles. The number of phosphoric acid groups is 1. The van der Waals surface area contributed by atoms with E-state index in [-0.39, 0.29) is 52.1 Å². The summed E-state index contributed by atoms with van der Waals surface area (Å²) >= 11 is 12.4. The summed E-state index contributed by atoms with van der Waals surface area (Å²) in [6, 6.07) is 1.31. The predicted molar refractivity (Wildman–Crippen MR) is 144 cm³/mol. The molecule has 0 radical (unpaired) electrons. The number of aryl methyl sites for hydroxylation is 1. The van der Waals surface area contributed by atoms with Crippen LogP contribution in [0.3, 0.4) is 0 Å². The van der Waals surface area contributed by atoms with Gasteiger partial charge in [-0.2, -0.15) is 0 Å². The number of nitrogens with zero attached hydrogens (tertiary/aromatic N) is 2. The van der Waals surface area contributed by atoms with Crippen molar-refractivity contribution in [2.75, 3.05) is 33.5 Å². The lowest BCUT2D eigenvalue weighted by atomic mass is 10.1. The smallest absolute Gasteiger partial charge is 0.330 e. The number of aliphatic hydroxyl groups is 2. The first-order chi connectivity index (χ1) is 19.4. The number of aromatic nitrogens is 2. The number of aromatic amines is 1. The molecule has 1 aromatic carbocycles. The van der Waals surface area contributed by atoms with Crippen LogP contribution in [0, 0.1) is 12.8 Å². The van der Waals surface area contributed by atoms with E-state index >= 15 is 0 Å². The summed E-state index contributed by atoms with van der Waals surface area (Å²) in [6.45, 7) is -0.218. The Bertz CT molecular complexity index is 1400. The molecule has 0 aliphatic carbocycles. The Morgan fingerprint density at radius 1 is 1.34 bits per heavy atom. The van der Waals surface area contributed by atoms with Crippen molar-refractivity contribution in [2.24, 2.45) is 11.1 Å². The number of oxime groups is 1. The number of methoxy groups -OCH3 is 1. The maximum Gasteiger partial charge on any atom is 0.330 e. The van der Waals surface area contributed by atoms with Crippen molar-refractivity contribution in [3.05, 3.63) is 54.3 Å². The van der Waals surface area contributed by atoms with E-state index < -0.39 is 63.2 Å². The number of phenolic OH excluding ortho intramolecular Hbond substituents is 1. The van der Waals surface area contributed by atoms with Gasteiger partial charge in [0.05, 0.1) is 36.6 Å². The maximum atomic E-state index is 12.4. The number of hydrogen-bond acceptors (Lipinski definition) is 13. The minimum Gasteiger partial charge on any atom is -0.756 e. The molecule has 228 valence electrons. The summed E-state index contributed by atoms with van der Waals surface area (Å²) < 4.78 is 34.0. The molecule has 0 spiro atoms. The molecule has 2 heterocycles. The molecular formula is C23H29Cl2N3O12P-. The highest BCUT2D eigenvalue weighted by atomic mass is 35.5. The third-order valence-corrected chi connectivity index (χ3v) is 7.71. The number of benzene rings is 1. The molecule has 0 amide bonds. The SMILES string of the molecule is COc1cc(Cl)c(/C=N/O[C@@H]2C[C@H](n3cc(C)c(=O)[nH]c3=O)O[C@@H]2COP(=O)([O-])OCC(CO)CCO)c(Cl)c1O. The van der Waals surface area contributed by atoms with Crippen LogP contribution in [0.25, 0.3) is 0 Å². The number of phenols is 1. The number of hydrogen-bond donors (Lipinski definition) is 4. The number of aliphatic hydroxyl groups excluding tert-OH is 2. The maximum absolute atomic E-state index is 12.4. The van der Waals surface area contributed by atoms with Crippen LogP contribution in [-0.4, -0.2) is 76.8 Å². The fourth-order valence-electron chi connectivity index (χ4n) is 3.78. The number of rotatable bonds is 14. The monoisotopic (exact) mass is 640 g/mol. The lowest BCUT2D eigenvalue weighted by Gasteiger charge is -2.27. The van der Waals surface area contributed by atoms with Gasteiger partial charge in [0, 0.05) is 48.9 Å². The van der Waals surface area contributed by atoms with E-state index in [4.69, 9.17) is 51.7 Å². The molecule has 18 heteroatoms. The van der Waals surface area contributed by atoms with E-state index in [1.807, 2.05) is 0 Å². The molecule has 41 heavy (non-hydrogen) atoms. The normalized spacial score (nSPS) is 21.2. The number of halogens is 2. The van der Waals surface area contributed by atoms with Crippen LogP contribution in [0.2, 0.25) is 10.0 Å². The summed E-state index contributed by atoms with van der Waals surface area (Å²) in [4.78, 5) is 44.2. The fourth-order valence-corrected chi connectivity index (χ4v) is 5.11. The number of ether oxygens (including phenoxy) is 2. The largest absolute Gasteiger partial charge is 0.756 e. The van der Waals surface area contributed by atoms with Crippen LogP contribution >= 0.6 is 31.0 Å². The Labute approximate surface area is 243 Å². The van der Waals surface area contributed by atoms with E-state index in [2.05, 4.69) is 10.1 Å². The number of phosphoric ester groups is 1. The third kappa shape index (κ3) is 8.53. The predicted octanol–water partition coefficient (Wildman–Crippen LogP) is 1.07. The Balaban J connectivity index is 1.79. The van der Waals surface area contributed by atoms with Crippen LogP contribution < -0.4 is 20.9 Å². The van der Waals surface area contributed by atoms with Crippen molar-refractivity contribution in [1.82, 2.24) is 9.55 Å². The molecule has 2 aromatic rings. The van der Waals surface area contributed by atoms with Crippen molar-refractivity contribution in [3.8, 4) is 11.5 Å². The first-order valence-electron chi connectivity index (χ1n) is 12.1. The van der Waals surface area contributed by atoms with Crippen molar-refractivity contribution < 1.29 is 48.1 Å². The highest BCUT2D eigenvalue weighted by Gasteiger charge is 2.40. The molecule has 1 fully saturated rings. The van der Waals surface area contributed by atoms with E-state index in [1.165, 1.54) is 26.3 Å². The summed E-state index contributed by atoms with van der Waals surface area (Å²) in [5.74, 6) is -0.971. The molecular weight excluding hydrogens is 612 g/mol.